The number of alkyl halides is 3. The molecule has 1 saturated heterocycles. The molecule has 138 heavy (non-hydrogen) atoms. The summed E-state index contributed by atoms with van der Waals surface area (Å²) in [6.45, 7) is 36.4. The number of nitriles is 3. The third-order valence-corrected chi connectivity index (χ3v) is 46.7. The first-order valence-corrected chi connectivity index (χ1v) is 55.8. The van der Waals surface area contributed by atoms with Gasteiger partial charge in [-0.3, -0.25) is 14.4 Å². The number of nitrogens with zero attached hydrogens (tertiary/aromatic N) is 3. The van der Waals surface area contributed by atoms with Crippen LogP contribution in [0.5, 0.6) is 0 Å². The van der Waals surface area contributed by atoms with Crippen LogP contribution in [0.2, 0.25) is 0 Å². The van der Waals surface area contributed by atoms with E-state index in [4.69, 9.17) is 40.4 Å². The minimum absolute atomic E-state index is 0. The lowest BCUT2D eigenvalue weighted by Crippen LogP contribution is -2.57. The van der Waals surface area contributed by atoms with Gasteiger partial charge in [-0.05, 0) is 451 Å². The molecule has 0 amide bonds. The molecule has 43 atom stereocenters. The number of carbonyl (C=O) groups is 3. The number of epoxide rings is 1. The van der Waals surface area contributed by atoms with Crippen molar-refractivity contribution in [1.29, 1.82) is 15.8 Å². The van der Waals surface area contributed by atoms with E-state index >= 15 is 0 Å². The third-order valence-electron chi connectivity index (χ3n) is 46.5. The lowest BCUT2D eigenvalue weighted by molar-refractivity contribution is -0.170. The second kappa shape index (κ2) is 43.7. The summed E-state index contributed by atoms with van der Waals surface area (Å²) < 4.78 is 61.5. The van der Waals surface area contributed by atoms with E-state index in [-0.39, 0.29) is 97.8 Å². The fourth-order valence-corrected chi connectivity index (χ4v) is 39.2. The van der Waals surface area contributed by atoms with Crippen LogP contribution < -0.4 is 0 Å². The molecule has 2 unspecified atom stereocenters. The van der Waals surface area contributed by atoms with Crippen LogP contribution >= 0.6 is 11.6 Å². The maximum absolute atomic E-state index is 12.5. The second-order valence-electron chi connectivity index (χ2n) is 51.5. The average molecular weight is 1950 g/mol. The highest BCUT2D eigenvalue weighted by molar-refractivity contribution is 6.67. The van der Waals surface area contributed by atoms with E-state index in [0.29, 0.717) is 124 Å². The molecule has 21 aliphatic rings. The minimum Gasteiger partial charge on any atom is -0.390 e. The molecule has 20 saturated carbocycles. The molecule has 19 heteroatoms. The van der Waals surface area contributed by atoms with Crippen LogP contribution in [0.4, 0.5) is 13.2 Å². The van der Waals surface area contributed by atoms with Gasteiger partial charge in [0.2, 0.25) is 0 Å². The number of hydrogen-bond acceptors (Lipinski definition) is 15. The van der Waals surface area contributed by atoms with Crippen LogP contribution in [-0.4, -0.2) is 131 Å². The van der Waals surface area contributed by atoms with Gasteiger partial charge in [0.15, 0.2) is 0 Å². The van der Waals surface area contributed by atoms with E-state index in [0.717, 1.165) is 185 Å². The first kappa shape index (κ1) is 112. The van der Waals surface area contributed by atoms with Crippen LogP contribution in [0.15, 0.2) is 30.3 Å². The Kier molecular flexibility index (Phi) is 35.3. The highest BCUT2D eigenvalue weighted by Gasteiger charge is 2.69. The van der Waals surface area contributed by atoms with Gasteiger partial charge < -0.3 is 44.1 Å². The summed E-state index contributed by atoms with van der Waals surface area (Å²) in [4.78, 5) is 35.3. The van der Waals surface area contributed by atoms with Crippen molar-refractivity contribution in [2.24, 2.45) is 196 Å². The van der Waals surface area contributed by atoms with E-state index in [1.807, 2.05) is 26.8 Å². The van der Waals surface area contributed by atoms with Gasteiger partial charge in [-0.15, -0.1) is 0 Å². The van der Waals surface area contributed by atoms with E-state index < -0.39 is 18.0 Å². The second-order valence-corrected chi connectivity index (χ2v) is 51.9. The molecule has 0 radical (unpaired) electrons. The van der Waals surface area contributed by atoms with Gasteiger partial charge in [0.25, 0.3) is 5.24 Å². The van der Waals surface area contributed by atoms with E-state index in [1.54, 1.807) is 24.3 Å². The number of ether oxygens (including phenoxy) is 5. The van der Waals surface area contributed by atoms with Crippen molar-refractivity contribution >= 4 is 28.4 Å². The fourth-order valence-electron chi connectivity index (χ4n) is 39.1. The summed E-state index contributed by atoms with van der Waals surface area (Å²) in [6, 6.07) is 16.7. The predicted molar refractivity (Wildman–Crippen MR) is 540 cm³/mol. The maximum atomic E-state index is 12.5. The summed E-state index contributed by atoms with van der Waals surface area (Å²) in [5.74, 6) is 18.0. The number of benzene rings is 1. The Morgan fingerprint density at radius 3 is 0.978 bits per heavy atom. The van der Waals surface area contributed by atoms with Gasteiger partial charge in [0.1, 0.15) is 18.2 Å². The number of carbonyl (C=O) groups excluding carboxylic acids is 3. The van der Waals surface area contributed by atoms with Gasteiger partial charge in [-0.1, -0.05) is 129 Å². The molecule has 1 aromatic rings. The average Bonchev–Trinajstić information content (AvgIpc) is 1.64. The van der Waals surface area contributed by atoms with Crippen molar-refractivity contribution in [2.45, 2.75) is 444 Å². The van der Waals surface area contributed by atoms with Gasteiger partial charge in [0.05, 0.1) is 90.9 Å². The zero-order valence-corrected chi connectivity index (χ0v) is 86.4. The molecular weight excluding hydrogens is 1760 g/mol. The molecule has 1 aliphatic heterocycles. The standard InChI is InChI=1S/C23H37NO.2C22H35NO2.C21H34O3.C19H28O2.C7H5ClO.C2H3F3O.3CH4/c1-5-25-21-13-23(4)16(12-15(21)2)6-8-18-19-9-7-17(14-24)22(19,3)11-10-20(18)23;2*1-4-25-20-12-22(3)14(11-19(20)24)5-7-16-17-8-6-15(13-23)21(17,2)10-9-18(16)22;1-4-24-18-12-21(3)13(11-17(18)22)5-6-14-15-7-8-19(23)20(15,2)10-9-16(14)21;1-18-8-7-14-12(13(18)5-6-17(18)20)4-3-11-9-15-16(21-15)10-19(11,14)2;8-7(9)6-4-2-1-3-5-6;3-2(4,5)1-6;;;/h15-21H,5-13H2,1-4H3;2*14-20,24H,4-12H2,1-3H3;13-18,22H,4-12H2,1-3H3;11-16H,3-10H2,1-2H3;1-5H;6H,1H2;3*1H4/t15-,16-,17?,18-,19-,20-,21-,22+,23-;14-,15?,16-,17-,18-,19-,20-,21+,22-;14-,15+,16-,17-,18-,19-,20-,21+,22-;13-,14-,15-,16-,17-,18-,20-,21-;11-,12-,13-,14-,15-,16+,18-,19-;;;;;/m00000...../s1. The van der Waals surface area contributed by atoms with Crippen molar-refractivity contribution < 1.29 is 71.7 Å². The first-order chi connectivity index (χ1) is 64.1. The predicted octanol–water partition coefficient (Wildman–Crippen LogP) is 27.4. The number of aliphatic hydroxyl groups is 4. The zero-order valence-electron chi connectivity index (χ0n) is 85.7. The van der Waals surface area contributed by atoms with Crippen LogP contribution in [0.25, 0.3) is 0 Å². The first-order valence-electron chi connectivity index (χ1n) is 55.4. The molecule has 4 N–H and O–H groups in total. The van der Waals surface area contributed by atoms with Crippen molar-refractivity contribution in [3.63, 3.8) is 0 Å². The molecule has 20 aliphatic carbocycles. The summed E-state index contributed by atoms with van der Waals surface area (Å²) in [5, 5.41) is 67.4. The summed E-state index contributed by atoms with van der Waals surface area (Å²) >= 11 is 5.16. The van der Waals surface area contributed by atoms with Crippen molar-refractivity contribution in [2.75, 3.05) is 33.0 Å². The number of aliphatic hydroxyl groups excluding tert-OH is 4. The normalized spacial score (nSPS) is 49.7. The Hall–Kier alpha value is -3.58. The molecule has 0 aromatic heterocycles. The smallest absolute Gasteiger partial charge is 0.390 e. The molecule has 1 aromatic carbocycles. The highest BCUT2D eigenvalue weighted by atomic mass is 35.5. The Balaban J connectivity index is 0.000000139. The largest absolute Gasteiger partial charge is 0.411 e. The topological polar surface area (TPSA) is 253 Å². The SMILES string of the molecule is C.C.C.CCO[C@H]1C[C@@]2(C)[C@@H](CC[C@@H]3[C@@H]2CC[C@]2(C)C(=O)CC[C@@H]32)C[C@@H]1O.CCO[C@H]1C[C@@]2(C)[C@@H](CC[C@@H]3[C@@H]2CC[C@]2(C)C(C#N)CC[C@@H]32)C[C@@H]1C.CCO[C@H]1C[C@@]2(C)[C@@H](CC[C@@H]3[C@@H]2CC[C@]2(C)C(C#N)CC[C@@H]32)C[C@@H]1O.CCO[C@H]1C[C@@]2(C)[C@@H](CC[C@@H]3[C@@H]2CC[C@]2(C)[C@@H](C#N)CC[C@@H]32)C[C@@H]1O.C[C@]12C[C@H]3O[C@H]3C[C@@H]1CC[C@@H]1[C@@H]2CC[C@]2(C)C(=O)CC[C@@H]12.O=C(Cl)c1ccccc1.OCC(F)(F)F. The zero-order chi connectivity index (χ0) is 96.9. The third kappa shape index (κ3) is 20.2. The van der Waals surface area contributed by atoms with E-state index in [9.17, 15) is 58.7 Å². The Morgan fingerprint density at radius 2 is 0.674 bits per heavy atom. The van der Waals surface area contributed by atoms with Gasteiger partial charge in [-0.25, -0.2) is 0 Å². The van der Waals surface area contributed by atoms with Crippen LogP contribution in [0, 0.1) is 230 Å². The molecule has 15 nitrogen and oxygen atoms in total. The van der Waals surface area contributed by atoms with Crippen molar-refractivity contribution in [1.82, 2.24) is 0 Å². The monoisotopic (exact) mass is 1940 g/mol. The van der Waals surface area contributed by atoms with Gasteiger partial charge >= 0.3 is 6.18 Å². The summed E-state index contributed by atoms with van der Waals surface area (Å²) in [6.07, 6.45) is 44.4. The van der Waals surface area contributed by atoms with Crippen LogP contribution in [0.3, 0.4) is 0 Å². The van der Waals surface area contributed by atoms with Crippen LogP contribution in [-0.2, 0) is 33.3 Å². The molecular formula is C119H189ClF3N3O12. The lowest BCUT2D eigenvalue weighted by atomic mass is 9.44. The number of Topliss-reactive ketones (excluding diaryl/α,β-unsaturated/α-hetero) is 2. The van der Waals surface area contributed by atoms with E-state index in [2.05, 4.69) is 101 Å². The fraction of sp³-hybridized carbons (Fsp3) is 0.899. The molecule has 21 fully saturated rings. The Labute approximate surface area is 838 Å². The molecule has 0 bridgehead atoms. The quantitative estimate of drug-likeness (QED) is 0.132. The summed E-state index contributed by atoms with van der Waals surface area (Å²) in [5.41, 5.74) is 3.26. The minimum atomic E-state index is -4.40. The van der Waals surface area contributed by atoms with Gasteiger partial charge in [0, 0.05) is 55.7 Å². The highest BCUT2D eigenvalue weighted by Crippen LogP contribution is 2.74. The van der Waals surface area contributed by atoms with Crippen LogP contribution in [0.1, 0.15) is 393 Å². The van der Waals surface area contributed by atoms with Crippen molar-refractivity contribution in [3.05, 3.63) is 35.9 Å². The number of hydrogen-bond donors (Lipinski definition) is 4. The molecule has 1 heterocycles. The number of fused-ring (bicyclic) bond motifs is 26. The number of halogens is 4. The number of rotatable bonds is 9. The molecule has 0 spiro atoms. The van der Waals surface area contributed by atoms with Gasteiger partial charge in [-0.2, -0.15) is 29.0 Å². The lowest BCUT2D eigenvalue weighted by Gasteiger charge is -2.61. The maximum Gasteiger partial charge on any atom is 0.411 e. The molecule has 780 valence electrons. The summed E-state index contributed by atoms with van der Waals surface area (Å²) in [7, 11) is 0. The Bertz CT molecular complexity index is 4150. The Morgan fingerprint density at radius 1 is 0.391 bits per heavy atom. The number of ketones is 2. The van der Waals surface area contributed by atoms with Crippen molar-refractivity contribution in [3.8, 4) is 18.2 Å². The molecule has 22 rings (SSSR count). The van der Waals surface area contributed by atoms with E-state index in [1.165, 1.54) is 167 Å².